The van der Waals surface area contributed by atoms with Crippen molar-refractivity contribution in [1.29, 1.82) is 0 Å². The minimum Gasteiger partial charge on any atom is -0.496 e. The third-order valence-electron chi connectivity index (χ3n) is 5.21. The van der Waals surface area contributed by atoms with Crippen LogP contribution in [-0.2, 0) is 0 Å². The first-order valence-electron chi connectivity index (χ1n) is 9.44. The Morgan fingerprint density at radius 1 is 0.793 bits per heavy atom. The molecule has 0 spiro atoms. The molecule has 0 aliphatic carbocycles. The third-order valence-corrected chi connectivity index (χ3v) is 5.39. The van der Waals surface area contributed by atoms with E-state index < -0.39 is 0 Å². The van der Waals surface area contributed by atoms with Crippen molar-refractivity contribution in [3.05, 3.63) is 72.3 Å². The van der Waals surface area contributed by atoms with Gasteiger partial charge in [-0.2, -0.15) is 0 Å². The van der Waals surface area contributed by atoms with Gasteiger partial charge in [0.15, 0.2) is 5.78 Å². The fourth-order valence-corrected chi connectivity index (χ4v) is 3.99. The minimum absolute atomic E-state index is 0.0435. The van der Waals surface area contributed by atoms with E-state index in [0.29, 0.717) is 17.9 Å². The highest BCUT2D eigenvalue weighted by molar-refractivity contribution is 6.20. The van der Waals surface area contributed by atoms with Crippen LogP contribution in [0.1, 0.15) is 16.8 Å². The van der Waals surface area contributed by atoms with Crippen molar-refractivity contribution in [2.75, 3.05) is 20.1 Å². The van der Waals surface area contributed by atoms with Crippen LogP contribution < -0.4 is 9.47 Å². The van der Waals surface area contributed by atoms with Gasteiger partial charge in [-0.1, -0.05) is 48.5 Å². The summed E-state index contributed by atoms with van der Waals surface area (Å²) >= 11 is 5.75. The van der Waals surface area contributed by atoms with E-state index in [2.05, 4.69) is 18.2 Å². The van der Waals surface area contributed by atoms with Crippen molar-refractivity contribution in [1.82, 2.24) is 0 Å². The maximum Gasteiger partial charge on any atom is 0.164 e. The summed E-state index contributed by atoms with van der Waals surface area (Å²) in [5.74, 6) is 1.89. The van der Waals surface area contributed by atoms with Crippen molar-refractivity contribution in [3.8, 4) is 22.6 Å². The first-order chi connectivity index (χ1) is 14.2. The van der Waals surface area contributed by atoms with Crippen LogP contribution in [0.15, 0.2) is 66.7 Å². The molecule has 4 aromatic carbocycles. The van der Waals surface area contributed by atoms with Crippen molar-refractivity contribution < 1.29 is 14.3 Å². The zero-order chi connectivity index (χ0) is 20.4. The van der Waals surface area contributed by atoms with Crippen molar-refractivity contribution in [2.45, 2.75) is 6.42 Å². The molecule has 0 bridgehead atoms. The van der Waals surface area contributed by atoms with E-state index in [-0.39, 0.29) is 5.78 Å². The molecule has 0 saturated heterocycles. The van der Waals surface area contributed by atoms with Gasteiger partial charge in [-0.25, -0.2) is 0 Å². The van der Waals surface area contributed by atoms with Gasteiger partial charge in [0.05, 0.1) is 14.2 Å². The first kappa shape index (κ1) is 19.3. The molecule has 146 valence electrons. The Labute approximate surface area is 174 Å². The Hall–Kier alpha value is -3.04. The molecule has 0 fully saturated rings. The van der Waals surface area contributed by atoms with Gasteiger partial charge in [0.2, 0.25) is 0 Å². The Morgan fingerprint density at radius 2 is 1.41 bits per heavy atom. The summed E-state index contributed by atoms with van der Waals surface area (Å²) in [6.45, 7) is 0. The lowest BCUT2D eigenvalue weighted by Gasteiger charge is -2.18. The number of alkyl halides is 1. The van der Waals surface area contributed by atoms with Crippen LogP contribution in [0.4, 0.5) is 0 Å². The van der Waals surface area contributed by atoms with Gasteiger partial charge in [-0.05, 0) is 39.7 Å². The zero-order valence-electron chi connectivity index (χ0n) is 16.4. The third kappa shape index (κ3) is 3.43. The van der Waals surface area contributed by atoms with E-state index in [1.807, 2.05) is 48.5 Å². The lowest BCUT2D eigenvalue weighted by molar-refractivity contribution is 0.0989. The highest BCUT2D eigenvalue weighted by atomic mass is 35.5. The first-order valence-corrected chi connectivity index (χ1v) is 9.97. The monoisotopic (exact) mass is 404 g/mol. The maximum absolute atomic E-state index is 12.3. The molecule has 4 heteroatoms. The van der Waals surface area contributed by atoms with Crippen molar-refractivity contribution >= 4 is 38.9 Å². The maximum atomic E-state index is 12.3. The molecule has 0 amide bonds. The van der Waals surface area contributed by atoms with Crippen LogP contribution in [0.3, 0.4) is 0 Å². The molecule has 4 rings (SSSR count). The van der Waals surface area contributed by atoms with Gasteiger partial charge in [0, 0.05) is 29.0 Å². The number of carbonyl (C=O) groups excluding carboxylic acids is 1. The number of hydrogen-bond donors (Lipinski definition) is 0. The average molecular weight is 405 g/mol. The second-order valence-corrected chi connectivity index (χ2v) is 7.18. The predicted octanol–water partition coefficient (Wildman–Crippen LogP) is 6.49. The number of ether oxygens (including phenoxy) is 2. The molecule has 0 unspecified atom stereocenters. The number of hydrogen-bond acceptors (Lipinski definition) is 3. The smallest absolute Gasteiger partial charge is 0.164 e. The summed E-state index contributed by atoms with van der Waals surface area (Å²) in [6.07, 6.45) is 0.327. The Balaban J connectivity index is 2.05. The Kier molecular flexibility index (Phi) is 5.41. The van der Waals surface area contributed by atoms with Gasteiger partial charge in [0.25, 0.3) is 0 Å². The fraction of sp³-hybridized carbons (Fsp3) is 0.160. The zero-order valence-corrected chi connectivity index (χ0v) is 17.1. The summed E-state index contributed by atoms with van der Waals surface area (Å²) in [6, 6.07) is 21.9. The van der Waals surface area contributed by atoms with Crippen molar-refractivity contribution in [2.24, 2.45) is 0 Å². The lowest BCUT2D eigenvalue weighted by Crippen LogP contribution is -2.00. The molecule has 4 aromatic rings. The van der Waals surface area contributed by atoms with Gasteiger partial charge in [0.1, 0.15) is 11.5 Å². The number of ketones is 1. The van der Waals surface area contributed by atoms with E-state index in [9.17, 15) is 4.79 Å². The largest absolute Gasteiger partial charge is 0.496 e. The van der Waals surface area contributed by atoms with Gasteiger partial charge in [-0.15, -0.1) is 11.6 Å². The number of methoxy groups -OCH3 is 2. The van der Waals surface area contributed by atoms with E-state index >= 15 is 0 Å². The standard InChI is InChI=1S/C25H21ClO3/c1-28-22-11-8-16-5-3-4-6-19(16)24(22)25-20-10-7-18(21(27)13-14-26)15-17(20)9-12-23(25)29-2/h3-12,15H,13-14H2,1-2H3. The quantitative estimate of drug-likeness (QED) is 0.272. The van der Waals surface area contributed by atoms with Crippen LogP contribution in [0, 0.1) is 0 Å². The second kappa shape index (κ2) is 8.14. The second-order valence-electron chi connectivity index (χ2n) is 6.80. The topological polar surface area (TPSA) is 35.5 Å². The number of benzene rings is 4. The number of halogens is 1. The molecule has 0 aromatic heterocycles. The molecule has 0 saturated carbocycles. The lowest BCUT2D eigenvalue weighted by atomic mass is 9.91. The van der Waals surface area contributed by atoms with E-state index in [1.165, 1.54) is 0 Å². The summed E-state index contributed by atoms with van der Waals surface area (Å²) in [4.78, 5) is 12.3. The Morgan fingerprint density at radius 3 is 2.07 bits per heavy atom. The predicted molar refractivity (Wildman–Crippen MR) is 120 cm³/mol. The molecule has 0 heterocycles. The molecule has 0 aliphatic heterocycles. The normalized spacial score (nSPS) is 11.0. The van der Waals surface area contributed by atoms with E-state index in [1.54, 1.807) is 14.2 Å². The minimum atomic E-state index is 0.0435. The summed E-state index contributed by atoms with van der Waals surface area (Å²) in [5, 5.41) is 4.17. The summed E-state index contributed by atoms with van der Waals surface area (Å²) < 4.78 is 11.5. The van der Waals surface area contributed by atoms with Gasteiger partial charge in [-0.3, -0.25) is 4.79 Å². The van der Waals surface area contributed by atoms with E-state index in [4.69, 9.17) is 21.1 Å². The molecule has 0 radical (unpaired) electrons. The SMILES string of the molecule is COc1ccc2ccccc2c1-c1c(OC)ccc2cc(C(=O)CCCl)ccc12. The van der Waals surface area contributed by atoms with Gasteiger partial charge < -0.3 is 9.47 Å². The van der Waals surface area contributed by atoms with Crippen LogP contribution >= 0.6 is 11.6 Å². The summed E-state index contributed by atoms with van der Waals surface area (Å²) in [7, 11) is 3.34. The highest BCUT2D eigenvalue weighted by Crippen LogP contribution is 2.45. The highest BCUT2D eigenvalue weighted by Gasteiger charge is 2.19. The number of rotatable bonds is 6. The molecule has 0 atom stereocenters. The van der Waals surface area contributed by atoms with Gasteiger partial charge >= 0.3 is 0 Å². The molecule has 29 heavy (non-hydrogen) atoms. The van der Waals surface area contributed by atoms with Crippen LogP contribution in [0.5, 0.6) is 11.5 Å². The molecule has 0 aliphatic rings. The molecule has 0 N–H and O–H groups in total. The van der Waals surface area contributed by atoms with Crippen LogP contribution in [-0.4, -0.2) is 25.9 Å². The van der Waals surface area contributed by atoms with Crippen molar-refractivity contribution in [3.63, 3.8) is 0 Å². The van der Waals surface area contributed by atoms with Crippen LogP contribution in [0.25, 0.3) is 32.7 Å². The number of Topliss-reactive ketones (excluding diaryl/α,β-unsaturated/α-hetero) is 1. The fourth-order valence-electron chi connectivity index (χ4n) is 3.82. The van der Waals surface area contributed by atoms with E-state index in [0.717, 1.165) is 44.2 Å². The molecular weight excluding hydrogens is 384 g/mol. The average Bonchev–Trinajstić information content (AvgIpc) is 2.77. The van der Waals surface area contributed by atoms with Crippen LogP contribution in [0.2, 0.25) is 0 Å². The number of carbonyl (C=O) groups is 1. The number of fused-ring (bicyclic) bond motifs is 2. The Bertz CT molecular complexity index is 1210. The molecular formula is C25H21ClO3. The summed E-state index contributed by atoms with van der Waals surface area (Å²) in [5.41, 5.74) is 2.60. The molecule has 3 nitrogen and oxygen atoms in total.